The first-order valence-electron chi connectivity index (χ1n) is 23.1. The molecule has 0 saturated heterocycles. The summed E-state index contributed by atoms with van der Waals surface area (Å²) in [5.41, 5.74) is 0. The van der Waals surface area contributed by atoms with Crippen LogP contribution in [-0.4, -0.2) is 70.0 Å². The fraction of sp³-hybridized carbons (Fsp3) is 0.608. The van der Waals surface area contributed by atoms with E-state index in [1.807, 2.05) is 21.1 Å². The number of phosphoric acid groups is 1. The van der Waals surface area contributed by atoms with E-state index in [-0.39, 0.29) is 26.1 Å². The lowest BCUT2D eigenvalue weighted by Gasteiger charge is -2.28. The van der Waals surface area contributed by atoms with Crippen molar-refractivity contribution in [3.63, 3.8) is 0 Å². The molecular weight excluding hydrogens is 786 g/mol. The molecule has 0 rings (SSSR count). The predicted octanol–water partition coefficient (Wildman–Crippen LogP) is 12.9. The van der Waals surface area contributed by atoms with Gasteiger partial charge in [0.15, 0.2) is 6.10 Å². The number of hydrogen-bond acceptors (Lipinski definition) is 8. The number of phosphoric ester groups is 1. The summed E-state index contributed by atoms with van der Waals surface area (Å²) in [7, 11) is 1.12. The molecular formula is C51H84NO8P. The van der Waals surface area contributed by atoms with Crippen molar-refractivity contribution in [2.45, 2.75) is 155 Å². The Morgan fingerprint density at radius 3 is 1.39 bits per heavy atom. The molecule has 0 radical (unpaired) electrons. The van der Waals surface area contributed by atoms with Crippen LogP contribution in [0.4, 0.5) is 0 Å². The average Bonchev–Trinajstić information content (AvgIpc) is 3.21. The van der Waals surface area contributed by atoms with Crippen molar-refractivity contribution in [3.8, 4) is 0 Å². The maximum absolute atomic E-state index is 12.6. The molecule has 2 atom stereocenters. The lowest BCUT2D eigenvalue weighted by molar-refractivity contribution is -0.870. The minimum Gasteiger partial charge on any atom is -0.756 e. The fourth-order valence-electron chi connectivity index (χ4n) is 5.47. The van der Waals surface area contributed by atoms with Gasteiger partial charge in [-0.15, -0.1) is 0 Å². The van der Waals surface area contributed by atoms with E-state index in [0.29, 0.717) is 17.4 Å². The van der Waals surface area contributed by atoms with Crippen LogP contribution in [0.5, 0.6) is 0 Å². The molecule has 9 nitrogen and oxygen atoms in total. The first-order chi connectivity index (χ1) is 29.5. The van der Waals surface area contributed by atoms with Gasteiger partial charge in [-0.05, 0) is 83.5 Å². The Hall–Kier alpha value is -3.33. The average molecular weight is 870 g/mol. The SMILES string of the molecule is CC/C=C\C/C=C\C/C=C\C/C=C\C/C=C\C/C=C\C/C=C\C/C=C\C/C=C\CCCCCC(=O)OC(COC(=O)CCCCCCCC)COP(=O)([O-])OCC[N+](C)(C)C. The Bertz CT molecular complexity index is 1400. The molecule has 2 unspecified atom stereocenters. The van der Waals surface area contributed by atoms with E-state index in [9.17, 15) is 19.0 Å². The second-order valence-electron chi connectivity index (χ2n) is 16.0. The second kappa shape index (κ2) is 42.0. The maximum atomic E-state index is 12.6. The lowest BCUT2D eigenvalue weighted by Crippen LogP contribution is -2.37. The zero-order valence-electron chi connectivity index (χ0n) is 38.8. The van der Waals surface area contributed by atoms with E-state index in [1.165, 1.54) is 6.42 Å². The van der Waals surface area contributed by atoms with Gasteiger partial charge in [0.05, 0.1) is 27.7 Å². The maximum Gasteiger partial charge on any atom is 0.306 e. The number of carbonyl (C=O) groups excluding carboxylic acids is 2. The molecule has 0 spiro atoms. The molecule has 346 valence electrons. The van der Waals surface area contributed by atoms with Gasteiger partial charge in [0, 0.05) is 12.8 Å². The lowest BCUT2D eigenvalue weighted by atomic mass is 10.1. The number of carbonyl (C=O) groups is 2. The summed E-state index contributed by atoms with van der Waals surface area (Å²) in [5.74, 6) is -0.895. The monoisotopic (exact) mass is 870 g/mol. The van der Waals surface area contributed by atoms with Gasteiger partial charge in [-0.1, -0.05) is 162 Å². The third-order valence-electron chi connectivity index (χ3n) is 9.06. The Balaban J connectivity index is 4.23. The quantitative estimate of drug-likeness (QED) is 0.0197. The highest BCUT2D eigenvalue weighted by Gasteiger charge is 2.21. The predicted molar refractivity (Wildman–Crippen MR) is 254 cm³/mol. The zero-order chi connectivity index (χ0) is 45.0. The topological polar surface area (TPSA) is 111 Å². The highest BCUT2D eigenvalue weighted by atomic mass is 31.2. The molecule has 0 aromatic carbocycles. The van der Waals surface area contributed by atoms with Crippen LogP contribution in [0, 0.1) is 0 Å². The van der Waals surface area contributed by atoms with Gasteiger partial charge >= 0.3 is 11.9 Å². The Morgan fingerprint density at radius 2 is 0.934 bits per heavy atom. The standard InChI is InChI=1S/C51H84NO8P/c1-6-8-10-12-14-15-16-17-18-19-20-21-22-23-24-25-26-27-28-29-30-31-32-33-34-35-36-37-38-40-42-44-51(54)60-49(47-57-50(53)43-41-39-13-11-9-7-2)48-59-61(55,56)58-46-45-52(3,4)5/h8,10,14-15,17-18,20-21,23-24,26-27,29-30,32-33,35-36,49H,6-7,9,11-13,16,19,22,25,28,31,34,37-48H2,1-5H3/b10-8-,15-14-,18-17-,21-20-,24-23-,27-26-,30-29-,33-32-,36-35-. The molecule has 0 aromatic rings. The number of hydrogen-bond donors (Lipinski definition) is 0. The molecule has 0 aliphatic heterocycles. The fourth-order valence-corrected chi connectivity index (χ4v) is 6.20. The largest absolute Gasteiger partial charge is 0.756 e. The molecule has 0 heterocycles. The number of likely N-dealkylation sites (N-methyl/N-ethyl adjacent to an activating group) is 1. The van der Waals surface area contributed by atoms with Crippen LogP contribution < -0.4 is 4.89 Å². The molecule has 0 amide bonds. The smallest absolute Gasteiger partial charge is 0.306 e. The highest BCUT2D eigenvalue weighted by Crippen LogP contribution is 2.38. The van der Waals surface area contributed by atoms with Gasteiger partial charge in [0.1, 0.15) is 19.8 Å². The first kappa shape index (κ1) is 57.7. The molecule has 0 aliphatic rings. The van der Waals surface area contributed by atoms with Crippen molar-refractivity contribution in [2.75, 3.05) is 47.5 Å². The van der Waals surface area contributed by atoms with Crippen LogP contribution in [-0.2, 0) is 32.7 Å². The van der Waals surface area contributed by atoms with E-state index in [1.54, 1.807) is 0 Å². The minimum absolute atomic E-state index is 0.0434. The number of rotatable bonds is 40. The van der Waals surface area contributed by atoms with E-state index >= 15 is 0 Å². The van der Waals surface area contributed by atoms with Gasteiger partial charge in [-0.25, -0.2) is 0 Å². The molecule has 61 heavy (non-hydrogen) atoms. The van der Waals surface area contributed by atoms with Gasteiger partial charge in [0.25, 0.3) is 7.82 Å². The summed E-state index contributed by atoms with van der Waals surface area (Å²) in [6, 6.07) is 0. The normalized spacial score (nSPS) is 14.5. The van der Waals surface area contributed by atoms with Crippen LogP contribution in [0.1, 0.15) is 149 Å². The molecule has 0 saturated carbocycles. The Kier molecular flexibility index (Phi) is 39.7. The first-order valence-corrected chi connectivity index (χ1v) is 24.6. The summed E-state index contributed by atoms with van der Waals surface area (Å²) >= 11 is 0. The number of esters is 2. The Morgan fingerprint density at radius 1 is 0.525 bits per heavy atom. The summed E-state index contributed by atoms with van der Waals surface area (Å²) in [6.45, 7) is 3.96. The summed E-state index contributed by atoms with van der Waals surface area (Å²) in [4.78, 5) is 37.3. The summed E-state index contributed by atoms with van der Waals surface area (Å²) < 4.78 is 33.7. The van der Waals surface area contributed by atoms with E-state index in [4.69, 9.17) is 18.5 Å². The van der Waals surface area contributed by atoms with Crippen molar-refractivity contribution in [2.24, 2.45) is 0 Å². The number of unbranched alkanes of at least 4 members (excludes halogenated alkanes) is 8. The van der Waals surface area contributed by atoms with Crippen molar-refractivity contribution >= 4 is 19.8 Å². The van der Waals surface area contributed by atoms with Crippen molar-refractivity contribution in [1.82, 2.24) is 0 Å². The summed E-state index contributed by atoms with van der Waals surface area (Å²) in [5, 5.41) is 0. The van der Waals surface area contributed by atoms with Crippen LogP contribution in [0.3, 0.4) is 0 Å². The molecule has 0 fully saturated rings. The minimum atomic E-state index is -4.63. The third kappa shape index (κ3) is 46.0. The van der Waals surface area contributed by atoms with Gasteiger partial charge < -0.3 is 27.9 Å². The van der Waals surface area contributed by atoms with Gasteiger partial charge in [-0.2, -0.15) is 0 Å². The van der Waals surface area contributed by atoms with Crippen LogP contribution in [0.15, 0.2) is 109 Å². The number of allylic oxidation sites excluding steroid dienone is 18. The van der Waals surface area contributed by atoms with Crippen LogP contribution >= 0.6 is 7.82 Å². The molecule has 0 bridgehead atoms. The summed E-state index contributed by atoms with van der Waals surface area (Å²) in [6.07, 6.45) is 57.4. The Labute approximate surface area is 372 Å². The van der Waals surface area contributed by atoms with E-state index in [0.717, 1.165) is 109 Å². The molecule has 0 aromatic heterocycles. The van der Waals surface area contributed by atoms with Gasteiger partial charge in [-0.3, -0.25) is 14.2 Å². The van der Waals surface area contributed by atoms with Crippen molar-refractivity contribution in [3.05, 3.63) is 109 Å². The molecule has 0 N–H and O–H groups in total. The van der Waals surface area contributed by atoms with E-state index < -0.39 is 32.5 Å². The number of ether oxygens (including phenoxy) is 2. The number of nitrogens with zero attached hydrogens (tertiary/aromatic N) is 1. The highest BCUT2D eigenvalue weighted by molar-refractivity contribution is 7.45. The van der Waals surface area contributed by atoms with Crippen LogP contribution in [0.25, 0.3) is 0 Å². The second-order valence-corrected chi connectivity index (χ2v) is 17.4. The van der Waals surface area contributed by atoms with Crippen molar-refractivity contribution < 1.29 is 42.1 Å². The molecule has 0 aliphatic carbocycles. The van der Waals surface area contributed by atoms with Crippen molar-refractivity contribution in [1.29, 1.82) is 0 Å². The van der Waals surface area contributed by atoms with Crippen LogP contribution in [0.2, 0.25) is 0 Å². The molecule has 10 heteroatoms. The van der Waals surface area contributed by atoms with Gasteiger partial charge in [0.2, 0.25) is 0 Å². The van der Waals surface area contributed by atoms with E-state index in [2.05, 4.69) is 123 Å². The number of quaternary nitrogens is 1. The third-order valence-corrected chi connectivity index (χ3v) is 10.0. The zero-order valence-corrected chi connectivity index (χ0v) is 39.7.